The Morgan fingerprint density at radius 2 is 1.97 bits per heavy atom. The minimum absolute atomic E-state index is 0.281. The van der Waals surface area contributed by atoms with Crippen molar-refractivity contribution < 1.29 is 14.3 Å². The van der Waals surface area contributed by atoms with E-state index in [-0.39, 0.29) is 17.0 Å². The second kappa shape index (κ2) is 8.62. The number of carbonyl (C=O) groups is 2. The Morgan fingerprint density at radius 3 is 2.68 bits per heavy atom. The average Bonchev–Trinajstić information content (AvgIpc) is 3.10. The number of hydrogen-bond acceptors (Lipinski definition) is 6. The number of aromatic amines is 1. The van der Waals surface area contributed by atoms with Gasteiger partial charge in [-0.25, -0.2) is 4.79 Å². The van der Waals surface area contributed by atoms with Crippen molar-refractivity contribution in [2.75, 3.05) is 13.7 Å². The summed E-state index contributed by atoms with van der Waals surface area (Å²) in [5, 5.41) is 3.86. The maximum atomic E-state index is 12.8. The van der Waals surface area contributed by atoms with Crippen molar-refractivity contribution >= 4 is 63.6 Å². The van der Waals surface area contributed by atoms with Crippen molar-refractivity contribution in [3.8, 4) is 0 Å². The number of nitrogens with one attached hydrogen (secondary N) is 2. The predicted molar refractivity (Wildman–Crippen MR) is 123 cm³/mol. The van der Waals surface area contributed by atoms with E-state index in [9.17, 15) is 14.4 Å². The Labute approximate surface area is 190 Å². The van der Waals surface area contributed by atoms with Crippen molar-refractivity contribution in [1.29, 1.82) is 0 Å². The molecule has 0 atom stereocenters. The van der Waals surface area contributed by atoms with Crippen LogP contribution in [0.4, 0.5) is 0 Å². The largest absolute Gasteiger partial charge is 0.465 e. The van der Waals surface area contributed by atoms with Crippen LogP contribution in [-0.2, 0) is 11.2 Å². The van der Waals surface area contributed by atoms with Gasteiger partial charge in [0.1, 0.15) is 10.5 Å². The predicted octanol–water partition coefficient (Wildman–Crippen LogP) is 3.98. The van der Waals surface area contributed by atoms with Crippen LogP contribution in [0.3, 0.4) is 0 Å². The number of carbonyl (C=O) groups excluding carboxylic acids is 2. The van der Waals surface area contributed by atoms with E-state index in [0.29, 0.717) is 43.4 Å². The molecule has 0 aliphatic rings. The second-order valence-corrected chi connectivity index (χ2v) is 8.77. The molecule has 2 aromatic carbocycles. The Morgan fingerprint density at radius 1 is 1.23 bits per heavy atom. The summed E-state index contributed by atoms with van der Waals surface area (Å²) in [6, 6.07) is 12.0. The molecule has 4 aromatic rings. The summed E-state index contributed by atoms with van der Waals surface area (Å²) in [5.74, 6) is -0.871. The Bertz CT molecular complexity index is 1440. The third kappa shape index (κ3) is 4.12. The van der Waals surface area contributed by atoms with Gasteiger partial charge in [-0.3, -0.25) is 14.0 Å². The van der Waals surface area contributed by atoms with Gasteiger partial charge in [0.15, 0.2) is 3.95 Å². The summed E-state index contributed by atoms with van der Waals surface area (Å²) in [4.78, 5) is 40.4. The van der Waals surface area contributed by atoms with Crippen molar-refractivity contribution in [3.05, 3.63) is 77.8 Å². The number of hydrogen-bond donors (Lipinski definition) is 2. The highest BCUT2D eigenvalue weighted by atomic mass is 35.5. The molecule has 2 aromatic heterocycles. The number of thiazole rings is 1. The van der Waals surface area contributed by atoms with Gasteiger partial charge < -0.3 is 15.0 Å². The lowest BCUT2D eigenvalue weighted by Gasteiger charge is -2.07. The number of fused-ring (bicyclic) bond motifs is 3. The Balaban J connectivity index is 1.69. The zero-order chi connectivity index (χ0) is 22.1. The lowest BCUT2D eigenvalue weighted by Crippen LogP contribution is -2.25. The number of aromatic nitrogens is 2. The monoisotopic (exact) mass is 473 g/mol. The summed E-state index contributed by atoms with van der Waals surface area (Å²) in [6.45, 7) is 0.404. The van der Waals surface area contributed by atoms with Crippen LogP contribution < -0.4 is 10.9 Å². The van der Waals surface area contributed by atoms with Gasteiger partial charge in [0.2, 0.25) is 0 Å². The zero-order valence-electron chi connectivity index (χ0n) is 16.2. The summed E-state index contributed by atoms with van der Waals surface area (Å²) >= 11 is 12.4. The lowest BCUT2D eigenvalue weighted by atomic mass is 10.1. The molecule has 0 bridgehead atoms. The summed E-state index contributed by atoms with van der Waals surface area (Å²) in [6.07, 6.45) is 0.627. The van der Waals surface area contributed by atoms with Gasteiger partial charge in [0.25, 0.3) is 11.5 Å². The normalized spacial score (nSPS) is 11.0. The number of H-pyrrole nitrogens is 1. The van der Waals surface area contributed by atoms with Crippen molar-refractivity contribution in [2.24, 2.45) is 0 Å². The molecule has 0 aliphatic heterocycles. The Kier molecular flexibility index (Phi) is 5.90. The van der Waals surface area contributed by atoms with E-state index in [1.165, 1.54) is 25.3 Å². The van der Waals surface area contributed by atoms with Crippen LogP contribution in [0.1, 0.15) is 25.6 Å². The van der Waals surface area contributed by atoms with E-state index in [2.05, 4.69) is 10.3 Å². The fourth-order valence-electron chi connectivity index (χ4n) is 3.24. The number of ether oxygens (including phenoxy) is 1. The molecule has 31 heavy (non-hydrogen) atoms. The minimum atomic E-state index is -0.530. The smallest absolute Gasteiger partial charge is 0.337 e. The Hall–Kier alpha value is -3.01. The van der Waals surface area contributed by atoms with Crippen LogP contribution in [0.25, 0.3) is 16.6 Å². The summed E-state index contributed by atoms with van der Waals surface area (Å²) in [7, 11) is 1.28. The number of benzene rings is 2. The van der Waals surface area contributed by atoms with Crippen molar-refractivity contribution in [3.63, 3.8) is 0 Å². The molecule has 158 valence electrons. The standard InChI is InChI=1S/C21H16ClN3O4S2/c1-29-20(28)12-4-7-14-15(10-12)25-17(24-18(14)26)16(31-21(25)30)19(27)23-9-8-11-2-5-13(22)6-3-11/h2-7,10H,8-9H2,1H3,(H,23,27)(H,24,26). The van der Waals surface area contributed by atoms with Crippen LogP contribution in [0, 0.1) is 3.95 Å². The highest BCUT2D eigenvalue weighted by Crippen LogP contribution is 2.23. The second-order valence-electron chi connectivity index (χ2n) is 6.69. The average molecular weight is 474 g/mol. The van der Waals surface area contributed by atoms with Gasteiger partial charge in [0, 0.05) is 11.6 Å². The van der Waals surface area contributed by atoms with Gasteiger partial charge in [-0.15, -0.1) is 0 Å². The first kappa shape index (κ1) is 21.2. The molecule has 0 fully saturated rings. The molecule has 10 heteroatoms. The first-order valence-electron chi connectivity index (χ1n) is 9.21. The fourth-order valence-corrected chi connectivity index (χ4v) is 4.66. The molecule has 0 unspecified atom stereocenters. The molecule has 0 radical (unpaired) electrons. The van der Waals surface area contributed by atoms with Gasteiger partial charge in [-0.2, -0.15) is 0 Å². The molecule has 0 saturated carbocycles. The maximum absolute atomic E-state index is 12.8. The van der Waals surface area contributed by atoms with Crippen LogP contribution in [-0.4, -0.2) is 34.9 Å². The quantitative estimate of drug-likeness (QED) is 0.338. The maximum Gasteiger partial charge on any atom is 0.337 e. The number of rotatable bonds is 5. The van der Waals surface area contributed by atoms with E-state index in [1.54, 1.807) is 16.5 Å². The van der Waals surface area contributed by atoms with Crippen molar-refractivity contribution in [1.82, 2.24) is 14.7 Å². The molecule has 0 spiro atoms. The zero-order valence-corrected chi connectivity index (χ0v) is 18.6. The highest BCUT2D eigenvalue weighted by molar-refractivity contribution is 7.73. The SMILES string of the molecule is COC(=O)c1ccc2c(=O)[nH]c3c(C(=O)NCCc4ccc(Cl)cc4)sc(=S)n3c2c1. The number of halogens is 1. The number of nitrogens with zero attached hydrogens (tertiary/aromatic N) is 1. The van der Waals surface area contributed by atoms with Gasteiger partial charge in [0.05, 0.1) is 23.6 Å². The third-order valence-corrected chi connectivity index (χ3v) is 6.39. The van der Waals surface area contributed by atoms with Crippen LogP contribution in [0.15, 0.2) is 47.3 Å². The molecule has 2 N–H and O–H groups in total. The first-order chi connectivity index (χ1) is 14.9. The number of amides is 1. The van der Waals surface area contributed by atoms with Crippen LogP contribution >= 0.6 is 35.2 Å². The molecule has 1 amide bonds. The van der Waals surface area contributed by atoms with Crippen LogP contribution in [0.5, 0.6) is 0 Å². The highest BCUT2D eigenvalue weighted by Gasteiger charge is 2.19. The van der Waals surface area contributed by atoms with E-state index in [0.717, 1.165) is 16.9 Å². The van der Waals surface area contributed by atoms with Gasteiger partial charge >= 0.3 is 5.97 Å². The molecular weight excluding hydrogens is 458 g/mol. The molecule has 7 nitrogen and oxygen atoms in total. The van der Waals surface area contributed by atoms with E-state index in [1.807, 2.05) is 12.1 Å². The number of esters is 1. The third-order valence-electron chi connectivity index (χ3n) is 4.77. The topological polar surface area (TPSA) is 92.7 Å². The molecule has 4 rings (SSSR count). The van der Waals surface area contributed by atoms with E-state index in [4.69, 9.17) is 28.6 Å². The fraction of sp³-hybridized carbons (Fsp3) is 0.143. The van der Waals surface area contributed by atoms with Crippen molar-refractivity contribution in [2.45, 2.75) is 6.42 Å². The molecular formula is C21H16ClN3O4S2. The van der Waals surface area contributed by atoms with Gasteiger partial charge in [-0.1, -0.05) is 35.1 Å². The summed E-state index contributed by atoms with van der Waals surface area (Å²) in [5.41, 5.74) is 1.66. The van der Waals surface area contributed by atoms with Crippen LogP contribution in [0.2, 0.25) is 5.02 Å². The molecule has 2 heterocycles. The van der Waals surface area contributed by atoms with E-state index >= 15 is 0 Å². The molecule has 0 saturated heterocycles. The first-order valence-corrected chi connectivity index (χ1v) is 10.8. The van der Waals surface area contributed by atoms with Gasteiger partial charge in [-0.05, 0) is 54.5 Å². The van der Waals surface area contributed by atoms with E-state index < -0.39 is 5.97 Å². The number of methoxy groups -OCH3 is 1. The lowest BCUT2D eigenvalue weighted by molar-refractivity contribution is 0.0600. The minimum Gasteiger partial charge on any atom is -0.465 e. The summed E-state index contributed by atoms with van der Waals surface area (Å²) < 4.78 is 6.73. The molecule has 0 aliphatic carbocycles.